The zero-order valence-electron chi connectivity index (χ0n) is 15.1. The van der Waals surface area contributed by atoms with E-state index in [0.717, 1.165) is 37.1 Å². The van der Waals surface area contributed by atoms with Gasteiger partial charge in [-0.3, -0.25) is 4.79 Å². The molecule has 5 heteroatoms. The van der Waals surface area contributed by atoms with Crippen LogP contribution in [-0.4, -0.2) is 35.6 Å². The summed E-state index contributed by atoms with van der Waals surface area (Å²) >= 11 is 0. The van der Waals surface area contributed by atoms with Crippen molar-refractivity contribution in [2.24, 2.45) is 0 Å². The van der Waals surface area contributed by atoms with Gasteiger partial charge in [-0.25, -0.2) is 4.39 Å². The number of amides is 1. The fourth-order valence-electron chi connectivity index (χ4n) is 2.79. The summed E-state index contributed by atoms with van der Waals surface area (Å²) in [6, 6.07) is 10.5. The van der Waals surface area contributed by atoms with Crippen molar-refractivity contribution in [2.45, 2.75) is 39.3 Å². The molecule has 1 aromatic carbocycles. The maximum atomic E-state index is 13.1. The molecule has 25 heavy (non-hydrogen) atoms. The molecule has 2 aromatic rings. The lowest BCUT2D eigenvalue weighted by atomic mass is 10.2. The Balaban J connectivity index is 2.06. The second-order valence-electron chi connectivity index (χ2n) is 6.21. The van der Waals surface area contributed by atoms with Crippen molar-refractivity contribution in [2.75, 3.05) is 20.3 Å². The van der Waals surface area contributed by atoms with Crippen LogP contribution < -0.4 is 0 Å². The van der Waals surface area contributed by atoms with Crippen molar-refractivity contribution >= 4 is 5.91 Å². The first-order valence-electron chi connectivity index (χ1n) is 8.79. The zero-order valence-corrected chi connectivity index (χ0v) is 15.1. The van der Waals surface area contributed by atoms with Crippen molar-refractivity contribution < 1.29 is 13.9 Å². The maximum absolute atomic E-state index is 13.1. The Kier molecular flexibility index (Phi) is 7.67. The minimum absolute atomic E-state index is 0.00753. The van der Waals surface area contributed by atoms with Crippen LogP contribution in [-0.2, 0) is 22.6 Å². The van der Waals surface area contributed by atoms with Crippen molar-refractivity contribution in [3.8, 4) is 0 Å². The van der Waals surface area contributed by atoms with E-state index in [1.807, 2.05) is 23.2 Å². The van der Waals surface area contributed by atoms with Crippen LogP contribution in [0.3, 0.4) is 0 Å². The van der Waals surface area contributed by atoms with Gasteiger partial charge >= 0.3 is 0 Å². The molecule has 4 nitrogen and oxygen atoms in total. The molecule has 1 amide bonds. The Labute approximate surface area is 149 Å². The third-order valence-corrected chi connectivity index (χ3v) is 4.19. The molecule has 0 spiro atoms. The normalized spacial score (nSPS) is 10.8. The monoisotopic (exact) mass is 346 g/mol. The molecular weight excluding hydrogens is 319 g/mol. The molecule has 0 bridgehead atoms. The molecule has 0 fully saturated rings. The van der Waals surface area contributed by atoms with Crippen LogP contribution >= 0.6 is 0 Å². The van der Waals surface area contributed by atoms with Gasteiger partial charge in [0.1, 0.15) is 12.4 Å². The van der Waals surface area contributed by atoms with Crippen molar-refractivity contribution in [1.29, 1.82) is 0 Å². The van der Waals surface area contributed by atoms with Crippen LogP contribution in [0.15, 0.2) is 42.6 Å². The van der Waals surface area contributed by atoms with Gasteiger partial charge in [0.05, 0.1) is 6.54 Å². The summed E-state index contributed by atoms with van der Waals surface area (Å²) in [7, 11) is 1.54. The highest BCUT2D eigenvalue weighted by molar-refractivity contribution is 5.77. The number of hydrogen-bond donors (Lipinski definition) is 0. The first-order valence-corrected chi connectivity index (χ1v) is 8.79. The van der Waals surface area contributed by atoms with E-state index in [1.165, 1.54) is 12.1 Å². The number of aromatic nitrogens is 1. The minimum atomic E-state index is -0.233. The maximum Gasteiger partial charge on any atom is 0.248 e. The van der Waals surface area contributed by atoms with Crippen LogP contribution in [0.2, 0.25) is 0 Å². The number of halogens is 1. The lowest BCUT2D eigenvalue weighted by Gasteiger charge is -2.23. The Morgan fingerprint density at radius 2 is 1.96 bits per heavy atom. The van der Waals surface area contributed by atoms with Gasteiger partial charge in [-0.15, -0.1) is 0 Å². The number of hydrogen-bond acceptors (Lipinski definition) is 2. The molecule has 0 aliphatic carbocycles. The van der Waals surface area contributed by atoms with Gasteiger partial charge in [0.25, 0.3) is 0 Å². The second kappa shape index (κ2) is 9.99. The largest absolute Gasteiger partial charge is 0.375 e. The lowest BCUT2D eigenvalue weighted by Crippen LogP contribution is -2.34. The molecule has 1 aromatic heterocycles. The van der Waals surface area contributed by atoms with Crippen molar-refractivity contribution in [3.05, 3.63) is 59.7 Å². The predicted octanol–water partition coefficient (Wildman–Crippen LogP) is 3.84. The highest BCUT2D eigenvalue weighted by atomic mass is 19.1. The third-order valence-electron chi connectivity index (χ3n) is 4.19. The number of unbranched alkanes of at least 4 members (excludes halogenated alkanes) is 2. The van der Waals surface area contributed by atoms with Crippen LogP contribution in [0.1, 0.15) is 37.4 Å². The lowest BCUT2D eigenvalue weighted by molar-refractivity contribution is -0.135. The highest BCUT2D eigenvalue weighted by Gasteiger charge is 2.15. The predicted molar refractivity (Wildman–Crippen MR) is 96.8 cm³/mol. The Morgan fingerprint density at radius 1 is 1.20 bits per heavy atom. The third kappa shape index (κ3) is 6.02. The summed E-state index contributed by atoms with van der Waals surface area (Å²) < 4.78 is 20.2. The van der Waals surface area contributed by atoms with Crippen LogP contribution in [0.25, 0.3) is 0 Å². The number of rotatable bonds is 10. The van der Waals surface area contributed by atoms with E-state index in [0.29, 0.717) is 13.1 Å². The SMILES string of the molecule is CCCCCN(Cc1cccn1Cc1ccc(F)cc1)C(=O)COC. The molecule has 0 N–H and O–H groups in total. The van der Waals surface area contributed by atoms with Gasteiger partial charge in [-0.05, 0) is 36.2 Å². The second-order valence-corrected chi connectivity index (χ2v) is 6.21. The number of carbonyl (C=O) groups is 1. The van der Waals surface area contributed by atoms with E-state index in [2.05, 4.69) is 11.5 Å². The number of ether oxygens (including phenoxy) is 1. The van der Waals surface area contributed by atoms with E-state index in [1.54, 1.807) is 19.2 Å². The summed E-state index contributed by atoms with van der Waals surface area (Å²) in [4.78, 5) is 14.2. The van der Waals surface area contributed by atoms with Crippen LogP contribution in [0, 0.1) is 5.82 Å². The fraction of sp³-hybridized carbons (Fsp3) is 0.450. The molecule has 136 valence electrons. The molecule has 0 aliphatic rings. The van der Waals surface area contributed by atoms with Crippen molar-refractivity contribution in [1.82, 2.24) is 9.47 Å². The van der Waals surface area contributed by atoms with Crippen LogP contribution in [0.4, 0.5) is 4.39 Å². The van der Waals surface area contributed by atoms with Gasteiger partial charge < -0.3 is 14.2 Å². The number of nitrogens with zero attached hydrogens (tertiary/aromatic N) is 2. The summed E-state index contributed by atoms with van der Waals surface area (Å²) in [5.74, 6) is -0.225. The van der Waals surface area contributed by atoms with Crippen molar-refractivity contribution in [3.63, 3.8) is 0 Å². The first-order chi connectivity index (χ1) is 12.1. The van der Waals surface area contributed by atoms with Crippen LogP contribution in [0.5, 0.6) is 0 Å². The molecule has 0 saturated heterocycles. The molecule has 0 atom stereocenters. The molecular formula is C20H27FN2O2. The van der Waals surface area contributed by atoms with E-state index >= 15 is 0 Å². The van der Waals surface area contributed by atoms with Gasteiger partial charge in [0.15, 0.2) is 0 Å². The Bertz CT molecular complexity index is 652. The highest BCUT2D eigenvalue weighted by Crippen LogP contribution is 2.12. The van der Waals surface area contributed by atoms with Gasteiger partial charge in [0.2, 0.25) is 5.91 Å². The minimum Gasteiger partial charge on any atom is -0.375 e. The summed E-state index contributed by atoms with van der Waals surface area (Å²) in [5.41, 5.74) is 2.09. The molecule has 0 radical (unpaired) electrons. The molecule has 0 unspecified atom stereocenters. The molecule has 1 heterocycles. The first kappa shape index (κ1) is 19.2. The van der Waals surface area contributed by atoms with Gasteiger partial charge in [0, 0.05) is 32.1 Å². The Morgan fingerprint density at radius 3 is 2.64 bits per heavy atom. The molecule has 0 aliphatic heterocycles. The number of methoxy groups -OCH3 is 1. The number of benzene rings is 1. The standard InChI is InChI=1S/C20H27FN2O2/c1-3-4-5-12-23(20(24)16-25-2)15-19-7-6-13-22(19)14-17-8-10-18(21)11-9-17/h6-11,13H,3-5,12,14-16H2,1-2H3. The quantitative estimate of drug-likeness (QED) is 0.613. The van der Waals surface area contributed by atoms with Gasteiger partial charge in [-0.2, -0.15) is 0 Å². The van der Waals surface area contributed by atoms with E-state index < -0.39 is 0 Å². The Hall–Kier alpha value is -2.14. The van der Waals surface area contributed by atoms with E-state index in [4.69, 9.17) is 4.74 Å². The molecule has 0 saturated carbocycles. The summed E-state index contributed by atoms with van der Waals surface area (Å²) in [6.45, 7) is 4.20. The fourth-order valence-corrected chi connectivity index (χ4v) is 2.79. The topological polar surface area (TPSA) is 34.5 Å². The van der Waals surface area contributed by atoms with E-state index in [9.17, 15) is 9.18 Å². The number of carbonyl (C=O) groups excluding carboxylic acids is 1. The zero-order chi connectivity index (χ0) is 18.1. The summed E-state index contributed by atoms with van der Waals surface area (Å²) in [5, 5.41) is 0. The smallest absolute Gasteiger partial charge is 0.248 e. The van der Waals surface area contributed by atoms with Gasteiger partial charge in [-0.1, -0.05) is 31.9 Å². The van der Waals surface area contributed by atoms with E-state index in [-0.39, 0.29) is 18.3 Å². The average molecular weight is 346 g/mol. The summed E-state index contributed by atoms with van der Waals surface area (Å²) in [6.07, 6.45) is 5.20. The average Bonchev–Trinajstić information content (AvgIpc) is 3.03. The molecule has 2 rings (SSSR count).